The molecule has 1 aromatic rings. The van der Waals surface area contributed by atoms with Crippen LogP contribution in [0.5, 0.6) is 0 Å². The first-order chi connectivity index (χ1) is 8.84. The quantitative estimate of drug-likeness (QED) is 0.867. The third-order valence-electron chi connectivity index (χ3n) is 3.99. The molecule has 1 fully saturated rings. The second-order valence-electron chi connectivity index (χ2n) is 5.17. The molecular formula is C15H19NO2. The molecule has 1 N–H and O–H groups in total. The van der Waals surface area contributed by atoms with E-state index in [-0.39, 0.29) is 17.9 Å². The van der Waals surface area contributed by atoms with Crippen LogP contribution < -0.4 is 5.32 Å². The lowest BCUT2D eigenvalue weighted by Gasteiger charge is -2.30. The fourth-order valence-corrected chi connectivity index (χ4v) is 2.99. The number of piperidine rings is 1. The number of hydrogen-bond acceptors (Lipinski definition) is 2. The van der Waals surface area contributed by atoms with Gasteiger partial charge in [0.25, 0.3) is 0 Å². The van der Waals surface area contributed by atoms with Gasteiger partial charge in [-0.2, -0.15) is 0 Å². The monoisotopic (exact) mass is 245 g/mol. The van der Waals surface area contributed by atoms with E-state index >= 15 is 0 Å². The third kappa shape index (κ3) is 2.27. The minimum absolute atomic E-state index is 0.101. The molecule has 18 heavy (non-hydrogen) atoms. The highest BCUT2D eigenvalue weighted by molar-refractivity contribution is 5.79. The van der Waals surface area contributed by atoms with Crippen molar-refractivity contribution in [2.45, 2.75) is 31.8 Å². The smallest absolute Gasteiger partial charge is 0.223 e. The molecular weight excluding hydrogens is 226 g/mol. The van der Waals surface area contributed by atoms with Crippen molar-refractivity contribution >= 4 is 5.91 Å². The molecule has 1 aromatic carbocycles. The average molecular weight is 245 g/mol. The summed E-state index contributed by atoms with van der Waals surface area (Å²) in [4.78, 5) is 11.8. The summed E-state index contributed by atoms with van der Waals surface area (Å²) in [6.45, 7) is 1.60. The van der Waals surface area contributed by atoms with Crippen LogP contribution >= 0.6 is 0 Å². The number of hydrogen-bond donors (Lipinski definition) is 1. The van der Waals surface area contributed by atoms with Crippen molar-refractivity contribution in [1.82, 2.24) is 5.32 Å². The van der Waals surface area contributed by atoms with E-state index in [2.05, 4.69) is 29.6 Å². The van der Waals surface area contributed by atoms with Gasteiger partial charge in [0.15, 0.2) is 0 Å². The summed E-state index contributed by atoms with van der Waals surface area (Å²) in [5.74, 6) is 0.322. The first kappa shape index (κ1) is 11.7. The van der Waals surface area contributed by atoms with Crippen LogP contribution in [0.3, 0.4) is 0 Å². The molecule has 0 radical (unpaired) electrons. The van der Waals surface area contributed by atoms with Crippen molar-refractivity contribution in [2.24, 2.45) is 5.92 Å². The number of carbonyl (C=O) groups excluding carboxylic acids is 1. The van der Waals surface area contributed by atoms with E-state index in [1.54, 1.807) is 0 Å². The van der Waals surface area contributed by atoms with Gasteiger partial charge in [-0.15, -0.1) is 0 Å². The van der Waals surface area contributed by atoms with Crippen LogP contribution in [0.1, 0.15) is 36.5 Å². The molecule has 3 rings (SSSR count). The molecule has 0 bridgehead atoms. The second-order valence-corrected chi connectivity index (χ2v) is 5.17. The van der Waals surface area contributed by atoms with Gasteiger partial charge >= 0.3 is 0 Å². The maximum Gasteiger partial charge on any atom is 0.223 e. The molecule has 0 aliphatic carbocycles. The highest BCUT2D eigenvalue weighted by Gasteiger charge is 2.29. The van der Waals surface area contributed by atoms with E-state index in [0.717, 1.165) is 38.8 Å². The van der Waals surface area contributed by atoms with Gasteiger partial charge in [0.05, 0.1) is 12.7 Å². The predicted octanol–water partition coefficient (Wildman–Crippen LogP) is 2.22. The average Bonchev–Trinajstić information content (AvgIpc) is 2.42. The lowest BCUT2D eigenvalue weighted by molar-refractivity contribution is -0.128. The zero-order valence-corrected chi connectivity index (χ0v) is 10.5. The molecule has 2 heterocycles. The van der Waals surface area contributed by atoms with E-state index in [1.165, 1.54) is 11.1 Å². The van der Waals surface area contributed by atoms with Crippen LogP contribution in [0.4, 0.5) is 0 Å². The van der Waals surface area contributed by atoms with Crippen molar-refractivity contribution in [1.29, 1.82) is 0 Å². The van der Waals surface area contributed by atoms with Crippen molar-refractivity contribution in [3.8, 4) is 0 Å². The molecule has 3 heteroatoms. The number of rotatable bonds is 2. The lowest BCUT2D eigenvalue weighted by Crippen LogP contribution is -2.37. The third-order valence-corrected chi connectivity index (χ3v) is 3.99. The zero-order valence-electron chi connectivity index (χ0n) is 10.5. The Morgan fingerprint density at radius 3 is 3.11 bits per heavy atom. The van der Waals surface area contributed by atoms with Crippen LogP contribution in [-0.4, -0.2) is 19.1 Å². The summed E-state index contributed by atoms with van der Waals surface area (Å²) in [5, 5.41) is 2.95. The van der Waals surface area contributed by atoms with Crippen molar-refractivity contribution < 1.29 is 9.53 Å². The minimum Gasteiger partial charge on any atom is -0.373 e. The van der Waals surface area contributed by atoms with Gasteiger partial charge in [0, 0.05) is 12.5 Å². The Morgan fingerprint density at radius 2 is 2.22 bits per heavy atom. The molecule has 0 saturated carbocycles. The van der Waals surface area contributed by atoms with Gasteiger partial charge in [-0.1, -0.05) is 24.3 Å². The SMILES string of the molecule is O=C1NCCCC1CC1OCCc2ccccc21. The molecule has 96 valence electrons. The Bertz CT molecular complexity index is 444. The van der Waals surface area contributed by atoms with Crippen LogP contribution in [0.15, 0.2) is 24.3 Å². The van der Waals surface area contributed by atoms with E-state index < -0.39 is 0 Å². The molecule has 0 aromatic heterocycles. The molecule has 2 aliphatic heterocycles. The fraction of sp³-hybridized carbons (Fsp3) is 0.533. The Morgan fingerprint density at radius 1 is 1.33 bits per heavy atom. The number of fused-ring (bicyclic) bond motifs is 1. The Kier molecular flexibility index (Phi) is 3.33. The summed E-state index contributed by atoms with van der Waals surface area (Å²) in [5.41, 5.74) is 2.66. The predicted molar refractivity (Wildman–Crippen MR) is 69.2 cm³/mol. The number of amides is 1. The number of nitrogens with one attached hydrogen (secondary N) is 1. The minimum atomic E-state index is 0.101. The van der Waals surface area contributed by atoms with Gasteiger partial charge in [0.1, 0.15) is 0 Å². The number of carbonyl (C=O) groups is 1. The maximum absolute atomic E-state index is 11.8. The fourth-order valence-electron chi connectivity index (χ4n) is 2.99. The Labute approximate surface area is 108 Å². The second kappa shape index (κ2) is 5.11. The van der Waals surface area contributed by atoms with Gasteiger partial charge in [0.2, 0.25) is 5.91 Å². The van der Waals surface area contributed by atoms with E-state index in [4.69, 9.17) is 4.74 Å². The zero-order chi connectivity index (χ0) is 12.4. The summed E-state index contributed by atoms with van der Waals surface area (Å²) in [7, 11) is 0. The van der Waals surface area contributed by atoms with Crippen LogP contribution in [0.25, 0.3) is 0 Å². The molecule has 2 aliphatic rings. The van der Waals surface area contributed by atoms with Crippen molar-refractivity contribution in [3.05, 3.63) is 35.4 Å². The molecule has 1 amide bonds. The molecule has 2 unspecified atom stereocenters. The molecule has 2 atom stereocenters. The molecule has 3 nitrogen and oxygen atoms in total. The molecule has 0 spiro atoms. The standard InChI is InChI=1S/C15H19NO2/c17-15-12(5-3-8-16-15)10-14-13-6-2-1-4-11(13)7-9-18-14/h1-2,4,6,12,14H,3,5,7-10H2,(H,16,17). The summed E-state index contributed by atoms with van der Waals surface area (Å²) >= 11 is 0. The summed E-state index contributed by atoms with van der Waals surface area (Å²) in [6, 6.07) is 8.45. The highest BCUT2D eigenvalue weighted by Crippen LogP contribution is 2.33. The molecule has 1 saturated heterocycles. The van der Waals surface area contributed by atoms with E-state index in [1.807, 2.05) is 0 Å². The van der Waals surface area contributed by atoms with Crippen LogP contribution in [0, 0.1) is 5.92 Å². The first-order valence-corrected chi connectivity index (χ1v) is 6.82. The Hall–Kier alpha value is -1.35. The normalized spacial score (nSPS) is 27.4. The summed E-state index contributed by atoms with van der Waals surface area (Å²) < 4.78 is 5.88. The van der Waals surface area contributed by atoms with Gasteiger partial charge in [-0.05, 0) is 36.8 Å². The first-order valence-electron chi connectivity index (χ1n) is 6.82. The van der Waals surface area contributed by atoms with E-state index in [9.17, 15) is 4.79 Å². The topological polar surface area (TPSA) is 38.3 Å². The maximum atomic E-state index is 11.8. The van der Waals surface area contributed by atoms with Crippen molar-refractivity contribution in [2.75, 3.05) is 13.2 Å². The van der Waals surface area contributed by atoms with Crippen LogP contribution in [-0.2, 0) is 16.0 Å². The van der Waals surface area contributed by atoms with Crippen molar-refractivity contribution in [3.63, 3.8) is 0 Å². The largest absolute Gasteiger partial charge is 0.373 e. The summed E-state index contributed by atoms with van der Waals surface area (Å²) in [6.07, 6.45) is 3.99. The lowest BCUT2D eigenvalue weighted by atomic mass is 9.87. The van der Waals surface area contributed by atoms with Gasteiger partial charge in [-0.3, -0.25) is 4.79 Å². The van der Waals surface area contributed by atoms with E-state index in [0.29, 0.717) is 0 Å². The van der Waals surface area contributed by atoms with Crippen LogP contribution in [0.2, 0.25) is 0 Å². The highest BCUT2D eigenvalue weighted by atomic mass is 16.5. The number of benzene rings is 1. The van der Waals surface area contributed by atoms with Gasteiger partial charge in [-0.25, -0.2) is 0 Å². The Balaban J connectivity index is 1.75. The number of ether oxygens (including phenoxy) is 1. The van der Waals surface area contributed by atoms with Gasteiger partial charge < -0.3 is 10.1 Å².